The van der Waals surface area contributed by atoms with Crippen LogP contribution in [0.4, 0.5) is 26.3 Å². The van der Waals surface area contributed by atoms with E-state index in [2.05, 4.69) is 19.2 Å². The summed E-state index contributed by atoms with van der Waals surface area (Å²) in [4.78, 5) is 29.0. The average molecular weight is 1060 g/mol. The molecule has 0 unspecified atom stereocenters. The molecule has 1 N–H and O–H groups in total. The quantitative estimate of drug-likeness (QED) is 0.0358. The van der Waals surface area contributed by atoms with Crippen LogP contribution in [-0.4, -0.2) is 25.2 Å². The van der Waals surface area contributed by atoms with E-state index in [0.29, 0.717) is 18.4 Å². The van der Waals surface area contributed by atoms with Crippen molar-refractivity contribution in [1.82, 2.24) is 5.32 Å². The van der Waals surface area contributed by atoms with Gasteiger partial charge in [-0.1, -0.05) is 160 Å². The van der Waals surface area contributed by atoms with Crippen LogP contribution in [0.3, 0.4) is 0 Å². The summed E-state index contributed by atoms with van der Waals surface area (Å²) in [5.41, 5.74) is -0.416. The number of rotatable bonds is 29. The fraction of sp³-hybridized carbons (Fsp3) is 0.569. The number of alkyl halides is 6. The average Bonchev–Trinajstić information content (AvgIpc) is 3.27. The number of dihydropyridines is 1. The minimum absolute atomic E-state index is 0. The van der Waals surface area contributed by atoms with Crippen molar-refractivity contribution >= 4 is 11.9 Å². The summed E-state index contributed by atoms with van der Waals surface area (Å²) < 4.78 is 96.3. The van der Waals surface area contributed by atoms with Gasteiger partial charge in [0.15, 0.2) is 37.9 Å². The van der Waals surface area contributed by atoms with Crippen molar-refractivity contribution in [2.24, 2.45) is 0 Å². The molecule has 15 heteroatoms. The Morgan fingerprint density at radius 3 is 1.14 bits per heavy atom. The normalized spacial score (nSPS) is 13.2. The molecule has 0 atom stereocenters. The molecule has 0 aliphatic carbocycles. The summed E-state index contributed by atoms with van der Waals surface area (Å²) in [5.74, 6) is -2.43. The number of ether oxygens (including phenoxy) is 2. The number of esters is 2. The van der Waals surface area contributed by atoms with Crippen LogP contribution in [0.25, 0.3) is 0 Å². The molecule has 0 saturated heterocycles. The van der Waals surface area contributed by atoms with Gasteiger partial charge in [0.1, 0.15) is 0 Å². The Kier molecular flexibility index (Phi) is 27.7. The van der Waals surface area contributed by atoms with E-state index in [9.17, 15) is 35.9 Å². The molecule has 0 fully saturated rings. The minimum Gasteiger partial charge on any atom is -1.00 e. The number of pyridine rings is 2. The maximum absolute atomic E-state index is 14.5. The number of benzene rings is 1. The molecule has 1 aliphatic heterocycles. The summed E-state index contributed by atoms with van der Waals surface area (Å²) in [6.45, 7) is 4.40. The third-order valence-corrected chi connectivity index (χ3v) is 11.7. The van der Waals surface area contributed by atoms with Gasteiger partial charge in [0, 0.05) is 24.3 Å². The molecule has 3 heterocycles. The van der Waals surface area contributed by atoms with Gasteiger partial charge < -0.3 is 48.8 Å². The highest BCUT2D eigenvalue weighted by Crippen LogP contribution is 2.40. The number of aromatic nitrogens is 2. The monoisotopic (exact) mass is 1060 g/mol. The van der Waals surface area contributed by atoms with Gasteiger partial charge in [-0.25, -0.2) is 9.59 Å². The summed E-state index contributed by atoms with van der Waals surface area (Å²) in [7, 11) is 0. The molecule has 0 radical (unpaired) electrons. The van der Waals surface area contributed by atoms with E-state index in [1.165, 1.54) is 98.1 Å². The van der Waals surface area contributed by atoms with Crippen LogP contribution in [0.1, 0.15) is 165 Å². The highest BCUT2D eigenvalue weighted by Gasteiger charge is 2.42. The summed E-state index contributed by atoms with van der Waals surface area (Å²) in [6, 6.07) is 12.6. The number of allylic oxidation sites excluding steroid dienone is 2. The van der Waals surface area contributed by atoms with E-state index in [1.54, 1.807) is 30.3 Å². The van der Waals surface area contributed by atoms with Crippen molar-refractivity contribution in [1.29, 1.82) is 0 Å². The van der Waals surface area contributed by atoms with Crippen molar-refractivity contribution in [3.63, 3.8) is 0 Å². The Labute approximate surface area is 409 Å². The number of halogens is 8. The minimum atomic E-state index is -4.57. The molecule has 4 rings (SSSR count). The van der Waals surface area contributed by atoms with Gasteiger partial charge in [-0.15, -0.1) is 0 Å². The molecule has 2 aromatic heterocycles. The molecule has 0 spiro atoms. The summed E-state index contributed by atoms with van der Waals surface area (Å²) in [6.07, 6.45) is 17.7. The number of hydrogen-bond acceptors (Lipinski definition) is 5. The van der Waals surface area contributed by atoms with Gasteiger partial charge in [-0.05, 0) is 18.4 Å². The number of nitrogens with one attached hydrogen (secondary N) is 1. The fourth-order valence-corrected chi connectivity index (χ4v) is 8.05. The van der Waals surface area contributed by atoms with E-state index in [0.717, 1.165) is 75.6 Å². The fourth-order valence-electron chi connectivity index (χ4n) is 8.05. The number of unbranched alkanes of at least 4 members (excludes halogenated alkanes) is 18. The van der Waals surface area contributed by atoms with Gasteiger partial charge in [0.2, 0.25) is 0 Å². The predicted octanol–water partition coefficient (Wildman–Crippen LogP) is 6.83. The number of nitrogens with zero attached hydrogens (tertiary/aromatic N) is 2. The molecule has 0 saturated carbocycles. The lowest BCUT2D eigenvalue weighted by molar-refractivity contribution is -0.692. The molecule has 1 aliphatic rings. The third kappa shape index (κ3) is 20.2. The van der Waals surface area contributed by atoms with Crippen molar-refractivity contribution in [2.75, 3.05) is 13.2 Å². The Morgan fingerprint density at radius 1 is 0.500 bits per heavy atom. The Morgan fingerprint density at radius 2 is 0.818 bits per heavy atom. The van der Waals surface area contributed by atoms with Crippen LogP contribution in [0.2, 0.25) is 0 Å². The van der Waals surface area contributed by atoms with Crippen molar-refractivity contribution in [3.8, 4) is 0 Å². The molecule has 66 heavy (non-hydrogen) atoms. The molecule has 3 aromatic rings. The lowest BCUT2D eigenvalue weighted by atomic mass is 9.80. The van der Waals surface area contributed by atoms with Crippen LogP contribution in [0, 0.1) is 0 Å². The second kappa shape index (κ2) is 31.3. The van der Waals surface area contributed by atoms with Gasteiger partial charge in [0.25, 0.3) is 0 Å². The second-order valence-electron chi connectivity index (χ2n) is 16.9. The highest BCUT2D eigenvalue weighted by molar-refractivity contribution is 6.00. The zero-order chi connectivity index (χ0) is 46.2. The number of hydrogen-bond donors (Lipinski definition) is 1. The molecular weight excluding hydrogens is 992 g/mol. The highest BCUT2D eigenvalue weighted by atomic mass is 79.9. The van der Waals surface area contributed by atoms with Gasteiger partial charge >= 0.3 is 24.3 Å². The van der Waals surface area contributed by atoms with Crippen molar-refractivity contribution in [3.05, 3.63) is 119 Å². The number of carbonyl (C=O) groups is 2. The van der Waals surface area contributed by atoms with Crippen LogP contribution < -0.4 is 48.4 Å². The van der Waals surface area contributed by atoms with E-state index in [-0.39, 0.29) is 82.8 Å². The van der Waals surface area contributed by atoms with Gasteiger partial charge in [-0.2, -0.15) is 35.5 Å². The largest absolute Gasteiger partial charge is 1.00 e. The van der Waals surface area contributed by atoms with E-state index in [4.69, 9.17) is 9.47 Å². The maximum atomic E-state index is 14.5. The van der Waals surface area contributed by atoms with Crippen LogP contribution in [0.15, 0.2) is 102 Å². The Hall–Kier alpha value is -3.72. The first-order valence-corrected chi connectivity index (χ1v) is 23.6. The Bertz CT molecular complexity index is 1790. The topological polar surface area (TPSA) is 72.4 Å². The van der Waals surface area contributed by atoms with E-state index in [1.807, 2.05) is 0 Å². The molecule has 368 valence electrons. The zero-order valence-electron chi connectivity index (χ0n) is 38.6. The first-order valence-electron chi connectivity index (χ1n) is 23.6. The summed E-state index contributed by atoms with van der Waals surface area (Å²) >= 11 is 0. The Balaban J connectivity index is 0.00000748. The molecule has 0 bridgehead atoms. The van der Waals surface area contributed by atoms with Crippen molar-refractivity contribution < 1.29 is 88.5 Å². The molecule has 1 aromatic carbocycles. The molecule has 0 amide bonds. The first kappa shape index (κ1) is 58.4. The van der Waals surface area contributed by atoms with E-state index >= 15 is 0 Å². The predicted molar refractivity (Wildman–Crippen MR) is 235 cm³/mol. The van der Waals surface area contributed by atoms with Crippen LogP contribution in [0.5, 0.6) is 0 Å². The molecule has 7 nitrogen and oxygen atoms in total. The van der Waals surface area contributed by atoms with Gasteiger partial charge in [0.05, 0.1) is 52.8 Å². The SMILES string of the molecule is CCCCCCCCCCCCOC(=O)C1=C(C[n+]2ccc(C(F)(F)F)cc2)NC(C[n+]2ccc(C(F)(F)F)cc2)=C(C(=O)OCCCCCCCCCCCC)C1c1ccccc1.[Br-].[Br-]. The smallest absolute Gasteiger partial charge is 0.416 e. The zero-order valence-corrected chi connectivity index (χ0v) is 41.8. The second-order valence-corrected chi connectivity index (χ2v) is 16.9. The lowest BCUT2D eigenvalue weighted by Crippen LogP contribution is -3.00. The van der Waals surface area contributed by atoms with Gasteiger partial charge in [-0.3, -0.25) is 0 Å². The number of carbonyl (C=O) groups excluding carboxylic acids is 2. The van der Waals surface area contributed by atoms with Crippen LogP contribution >= 0.6 is 0 Å². The lowest BCUT2D eigenvalue weighted by Gasteiger charge is -2.31. The third-order valence-electron chi connectivity index (χ3n) is 11.7. The van der Waals surface area contributed by atoms with E-state index < -0.39 is 41.3 Å². The van der Waals surface area contributed by atoms with Crippen molar-refractivity contribution in [2.45, 2.75) is 174 Å². The maximum Gasteiger partial charge on any atom is 0.416 e. The standard InChI is InChI=1S/C51H68F6N3O4.2BrH/c1-3-5-7-9-11-13-15-17-19-24-36-63-48(61)46-43(38-59-32-28-41(29-33-59)50(52,53)54)58-44(39-60-34-30-42(31-35-60)51(55,56)57)47(45(46)40-26-22-21-23-27-40)49(62)64-37-25-20-18-16-14-12-10-8-6-4-2;;/h21-23,26-35,45H,3-20,24-25,36-39H2,1-2H3;2*1H/q+1;;/p-1. The summed E-state index contributed by atoms with van der Waals surface area (Å²) in [5, 5.41) is 3.26. The molecular formula is C51H69Br2F6N3O4. The van der Waals surface area contributed by atoms with Crippen LogP contribution in [-0.2, 0) is 44.5 Å². The first-order chi connectivity index (χ1) is 30.8.